The Hall–Kier alpha value is -1.40. The molecule has 106 valence electrons. The fourth-order valence-electron chi connectivity index (χ4n) is 1.60. The highest BCUT2D eigenvalue weighted by Crippen LogP contribution is 2.21. The van der Waals surface area contributed by atoms with Crippen LogP contribution in [-0.4, -0.2) is 31.0 Å². The van der Waals surface area contributed by atoms with E-state index in [2.05, 4.69) is 15.9 Å². The van der Waals surface area contributed by atoms with Crippen LogP contribution in [0.5, 0.6) is 5.75 Å². The molecular formula is C14H13BrFNO2S. The van der Waals surface area contributed by atoms with Gasteiger partial charge in [-0.05, 0) is 34.1 Å². The van der Waals surface area contributed by atoms with Gasteiger partial charge in [0.05, 0.1) is 15.9 Å². The summed E-state index contributed by atoms with van der Waals surface area (Å²) in [7, 11) is 1.71. The van der Waals surface area contributed by atoms with Crippen molar-refractivity contribution in [3.8, 4) is 5.75 Å². The zero-order valence-electron chi connectivity index (χ0n) is 10.8. The minimum Gasteiger partial charge on any atom is -0.492 e. The number of likely N-dealkylation sites (N-methyl/N-ethyl adjacent to an activating group) is 1. The predicted molar refractivity (Wildman–Crippen MR) is 80.9 cm³/mol. The zero-order chi connectivity index (χ0) is 14.5. The third-order valence-corrected chi connectivity index (χ3v) is 4.16. The van der Waals surface area contributed by atoms with E-state index >= 15 is 0 Å². The van der Waals surface area contributed by atoms with Crippen LogP contribution >= 0.6 is 27.3 Å². The summed E-state index contributed by atoms with van der Waals surface area (Å²) < 4.78 is 19.3. The number of amides is 1. The van der Waals surface area contributed by atoms with Crippen LogP contribution in [0.1, 0.15) is 10.4 Å². The smallest absolute Gasteiger partial charge is 0.254 e. The molecule has 0 aliphatic rings. The number of hydrogen-bond acceptors (Lipinski definition) is 3. The summed E-state index contributed by atoms with van der Waals surface area (Å²) in [5.41, 5.74) is 0.648. The number of hydrogen-bond donors (Lipinski definition) is 0. The van der Waals surface area contributed by atoms with Crippen molar-refractivity contribution in [3.63, 3.8) is 0 Å². The summed E-state index contributed by atoms with van der Waals surface area (Å²) >= 11 is 4.80. The lowest BCUT2D eigenvalue weighted by Gasteiger charge is -2.16. The summed E-state index contributed by atoms with van der Waals surface area (Å²) in [5, 5.41) is 1.80. The van der Waals surface area contributed by atoms with Gasteiger partial charge in [0.2, 0.25) is 0 Å². The first kappa shape index (κ1) is 15.0. The van der Waals surface area contributed by atoms with Crippen LogP contribution < -0.4 is 4.74 Å². The number of benzene rings is 1. The molecular weight excluding hydrogens is 345 g/mol. The molecule has 0 atom stereocenters. The molecule has 0 N–H and O–H groups in total. The van der Waals surface area contributed by atoms with Crippen LogP contribution in [0.25, 0.3) is 0 Å². The van der Waals surface area contributed by atoms with Crippen molar-refractivity contribution in [1.29, 1.82) is 0 Å². The second-order valence-corrected chi connectivity index (χ2v) is 6.46. The van der Waals surface area contributed by atoms with Gasteiger partial charge in [0, 0.05) is 18.5 Å². The molecule has 0 aliphatic heterocycles. The highest BCUT2D eigenvalue weighted by Gasteiger charge is 2.13. The molecule has 20 heavy (non-hydrogen) atoms. The van der Waals surface area contributed by atoms with Gasteiger partial charge in [0.25, 0.3) is 5.91 Å². The minimum absolute atomic E-state index is 0.0604. The largest absolute Gasteiger partial charge is 0.492 e. The Morgan fingerprint density at radius 3 is 2.90 bits per heavy atom. The van der Waals surface area contributed by atoms with Crippen molar-refractivity contribution in [2.45, 2.75) is 0 Å². The van der Waals surface area contributed by atoms with Crippen LogP contribution in [0, 0.1) is 5.82 Å². The molecule has 3 nitrogen and oxygen atoms in total. The predicted octanol–water partition coefficient (Wildman–Crippen LogP) is 3.80. The molecule has 0 unspecified atom stereocenters. The molecule has 0 saturated heterocycles. The van der Waals surface area contributed by atoms with Gasteiger partial charge in [0.15, 0.2) is 0 Å². The average molecular weight is 358 g/mol. The molecule has 2 rings (SSSR count). The van der Waals surface area contributed by atoms with E-state index in [-0.39, 0.29) is 11.7 Å². The zero-order valence-corrected chi connectivity index (χ0v) is 13.2. The monoisotopic (exact) mass is 357 g/mol. The molecule has 0 bridgehead atoms. The second-order valence-electron chi connectivity index (χ2n) is 4.17. The van der Waals surface area contributed by atoms with Gasteiger partial charge in [-0.25, -0.2) is 4.39 Å². The third-order valence-electron chi connectivity index (χ3n) is 2.65. The van der Waals surface area contributed by atoms with E-state index in [0.717, 1.165) is 3.79 Å². The molecule has 0 aliphatic carbocycles. The summed E-state index contributed by atoms with van der Waals surface area (Å²) in [5.74, 6) is 0.0639. The summed E-state index contributed by atoms with van der Waals surface area (Å²) in [6, 6.07) is 7.73. The fraction of sp³-hybridized carbons (Fsp3) is 0.214. The van der Waals surface area contributed by atoms with Gasteiger partial charge >= 0.3 is 0 Å². The van der Waals surface area contributed by atoms with Gasteiger partial charge in [-0.1, -0.05) is 6.07 Å². The molecule has 1 aromatic carbocycles. The standard InChI is InChI=1S/C14H13BrFNO2S/c1-17(14(18)10-7-13(15)20-9-10)5-6-19-12-4-2-3-11(16)8-12/h2-4,7-9H,5-6H2,1H3. The van der Waals surface area contributed by atoms with Crippen LogP contribution in [0.4, 0.5) is 4.39 Å². The molecule has 0 saturated carbocycles. The van der Waals surface area contributed by atoms with Crippen molar-refractivity contribution < 1.29 is 13.9 Å². The molecule has 0 fully saturated rings. The number of halogens is 2. The molecule has 0 spiro atoms. The highest BCUT2D eigenvalue weighted by atomic mass is 79.9. The summed E-state index contributed by atoms with van der Waals surface area (Å²) in [6.07, 6.45) is 0. The first-order valence-corrected chi connectivity index (χ1v) is 7.61. The normalized spacial score (nSPS) is 10.3. The van der Waals surface area contributed by atoms with Gasteiger partial charge in [-0.2, -0.15) is 0 Å². The van der Waals surface area contributed by atoms with Gasteiger partial charge < -0.3 is 9.64 Å². The lowest BCUT2D eigenvalue weighted by molar-refractivity contribution is 0.0774. The van der Waals surface area contributed by atoms with E-state index < -0.39 is 0 Å². The van der Waals surface area contributed by atoms with Crippen LogP contribution in [-0.2, 0) is 0 Å². The Balaban J connectivity index is 1.83. The number of ether oxygens (including phenoxy) is 1. The van der Waals surface area contributed by atoms with Crippen molar-refractivity contribution in [2.75, 3.05) is 20.2 Å². The maximum Gasteiger partial charge on any atom is 0.254 e. The van der Waals surface area contributed by atoms with E-state index in [9.17, 15) is 9.18 Å². The maximum absolute atomic E-state index is 13.0. The van der Waals surface area contributed by atoms with Crippen molar-refractivity contribution in [1.82, 2.24) is 4.90 Å². The van der Waals surface area contributed by atoms with E-state index in [1.54, 1.807) is 35.5 Å². The first-order valence-electron chi connectivity index (χ1n) is 5.94. The highest BCUT2D eigenvalue weighted by molar-refractivity contribution is 9.11. The third kappa shape index (κ3) is 4.05. The Labute approximate surface area is 129 Å². The van der Waals surface area contributed by atoms with E-state index in [1.165, 1.54) is 23.5 Å². The van der Waals surface area contributed by atoms with Crippen LogP contribution in [0.15, 0.2) is 39.5 Å². The minimum atomic E-state index is -0.338. The Kier molecular flexibility index (Phi) is 5.14. The summed E-state index contributed by atoms with van der Waals surface area (Å²) in [6.45, 7) is 0.750. The van der Waals surface area contributed by atoms with Crippen molar-refractivity contribution in [3.05, 3.63) is 50.9 Å². The van der Waals surface area contributed by atoms with Gasteiger partial charge in [0.1, 0.15) is 18.2 Å². The topological polar surface area (TPSA) is 29.5 Å². The number of thiophene rings is 1. The van der Waals surface area contributed by atoms with Crippen LogP contribution in [0.2, 0.25) is 0 Å². The molecule has 1 heterocycles. The van der Waals surface area contributed by atoms with Gasteiger partial charge in [-0.3, -0.25) is 4.79 Å². The molecule has 0 radical (unpaired) electrons. The lowest BCUT2D eigenvalue weighted by atomic mass is 10.3. The second kappa shape index (κ2) is 6.85. The number of carbonyl (C=O) groups excluding carboxylic acids is 1. The van der Waals surface area contributed by atoms with Crippen molar-refractivity contribution in [2.24, 2.45) is 0 Å². The van der Waals surface area contributed by atoms with Crippen molar-refractivity contribution >= 4 is 33.2 Å². The average Bonchev–Trinajstić information content (AvgIpc) is 2.84. The lowest BCUT2D eigenvalue weighted by Crippen LogP contribution is -2.30. The number of carbonyl (C=O) groups is 1. The van der Waals surface area contributed by atoms with E-state index in [1.807, 2.05) is 0 Å². The SMILES string of the molecule is CN(CCOc1cccc(F)c1)C(=O)c1csc(Br)c1. The fourth-order valence-corrected chi connectivity index (χ4v) is 2.73. The van der Waals surface area contributed by atoms with E-state index in [0.29, 0.717) is 24.5 Å². The molecule has 1 amide bonds. The molecule has 6 heteroatoms. The summed E-state index contributed by atoms with van der Waals surface area (Å²) in [4.78, 5) is 13.6. The van der Waals surface area contributed by atoms with Crippen LogP contribution in [0.3, 0.4) is 0 Å². The first-order chi connectivity index (χ1) is 9.56. The number of rotatable bonds is 5. The molecule has 1 aromatic heterocycles. The number of nitrogens with zero attached hydrogens (tertiary/aromatic N) is 1. The van der Waals surface area contributed by atoms with Gasteiger partial charge in [-0.15, -0.1) is 11.3 Å². The Bertz CT molecular complexity index is 602. The Morgan fingerprint density at radius 2 is 2.25 bits per heavy atom. The molecule has 2 aromatic rings. The Morgan fingerprint density at radius 1 is 1.45 bits per heavy atom. The quantitative estimate of drug-likeness (QED) is 0.814. The van der Waals surface area contributed by atoms with E-state index in [4.69, 9.17) is 4.74 Å². The maximum atomic E-state index is 13.0.